The number of esters is 1. The molecule has 0 saturated carbocycles. The Kier molecular flexibility index (Phi) is 145. The van der Waals surface area contributed by atoms with Crippen LogP contribution in [0.2, 0.25) is 0 Å². The molecule has 0 aliphatic heterocycles. The minimum atomic E-state index is -0.492. The van der Waals surface area contributed by atoms with Gasteiger partial charge in [-0.3, -0.25) is 24.1 Å². The molecule has 20 heteroatoms. The highest BCUT2D eigenvalue weighted by Crippen LogP contribution is 2.26. The predicted molar refractivity (Wildman–Crippen MR) is 617 cm³/mol. The predicted octanol–water partition coefficient (Wildman–Crippen LogP) is 30.6. The number of carbonyl (C=O) groups excluding carboxylic acids is 4. The number of amides is 2. The molecule has 144 heavy (non-hydrogen) atoms. The van der Waals surface area contributed by atoms with Crippen LogP contribution in [0.25, 0.3) is 0 Å². The number of allylic oxidation sites excluding steroid dienone is 6. The fourth-order valence-electron chi connectivity index (χ4n) is 16.6. The van der Waals surface area contributed by atoms with Crippen LogP contribution < -0.4 is 0 Å². The lowest BCUT2D eigenvalue weighted by Crippen LogP contribution is -2.36. The van der Waals surface area contributed by atoms with Gasteiger partial charge in [0.15, 0.2) is 0 Å². The largest absolute Gasteiger partial charge is 0.463 e. The van der Waals surface area contributed by atoms with Gasteiger partial charge in [0, 0.05) is 70.6 Å². The van der Waals surface area contributed by atoms with E-state index in [-0.39, 0.29) is 95.9 Å². The Morgan fingerprint density at radius 3 is 0.743 bits per heavy atom. The van der Waals surface area contributed by atoms with E-state index >= 15 is 0 Å². The van der Waals surface area contributed by atoms with Gasteiger partial charge in [-0.2, -0.15) is 0 Å². The molecule has 0 spiro atoms. The molecule has 0 rings (SSSR count). The molecule has 0 fully saturated rings. The van der Waals surface area contributed by atoms with Crippen molar-refractivity contribution in [1.82, 2.24) is 14.7 Å². The second-order valence-electron chi connectivity index (χ2n) is 41.9. The molecule has 0 radical (unpaired) electrons. The average Bonchev–Trinajstić information content (AvgIpc) is 0.905. The molecule has 0 saturated heterocycles. The Hall–Kier alpha value is -3.22. The Morgan fingerprint density at radius 1 is 0.243 bits per heavy atom. The Morgan fingerprint density at radius 2 is 0.486 bits per heavy atom. The maximum atomic E-state index is 12.5. The van der Waals surface area contributed by atoms with Crippen molar-refractivity contribution in [3.05, 3.63) is 36.5 Å². The molecule has 0 aromatic carbocycles. The summed E-state index contributed by atoms with van der Waals surface area (Å²) in [4.78, 5) is 53.0. The van der Waals surface area contributed by atoms with Gasteiger partial charge in [0.1, 0.15) is 12.4 Å². The second-order valence-corrected chi connectivity index (χ2v) is 41.9. The van der Waals surface area contributed by atoms with Crippen LogP contribution in [0.1, 0.15) is 584 Å². The minimum absolute atomic E-state index is 0.0114. The molecule has 0 bridgehead atoms. The van der Waals surface area contributed by atoms with E-state index in [1.807, 2.05) is 20.8 Å². The molecule has 10 N–H and O–H groups in total. The van der Waals surface area contributed by atoms with Gasteiger partial charge in [0.05, 0.1) is 90.8 Å². The molecule has 0 aliphatic carbocycles. The first-order valence-corrected chi connectivity index (χ1v) is 61.4. The number of aliphatic hydroxyl groups excluding tert-OH is 10. The maximum Gasteiger partial charge on any atom is 0.311 e. The van der Waals surface area contributed by atoms with E-state index in [1.54, 1.807) is 9.80 Å². The highest BCUT2D eigenvalue weighted by molar-refractivity contribution is 5.84. The number of ketones is 1. The number of hydrogen-bond acceptors (Lipinski definition) is 18. The standard InChI is InChI=1S/C26H51NO5.C22H43NO3.2C18H36O.C16H35NO2.C16H34O2.C8H16O3/c1-2-3-4-5-6-7-8-9-10-11-12-13-14-15-16-17-26(30)27(18-22-31-24-20-28)19-23-32-25-21-29;1-2-3-4-5-6-7-8-9-10-11-12-13-14-15-16-17-22(26)23(18-20-24)19-21-25;1-5-7-8-9-10-11-12-13-14-15-16-17(19)18(3,4)6-2;1-2-3-4-5-6-7-8-9-10-11-12-13-14-15-16-17-18-19;1-2-3-4-5-6-7-8-9-10-11-12-17(13-15-18)14-16-19;1-2-3-4-5-6-7-8-9-10-11-12-13-14-16(18)15-17;1-4-8(2,3)7(10)11-6-5-9/h9-10,28-29H,2-8,11-25H2,1H3;9-10,24-25H,2-8,11-21H2,1H3;5-16H2,1-4H3;9-10,19H,2-8,11-18H2,1H3;18-19H,2-16H2,1H3;16-18H,2-15H2,1H3;9H,4-6H2,1-3H3/b2*10-9-;;10-9-;;;. The highest BCUT2D eigenvalue weighted by atomic mass is 16.5. The van der Waals surface area contributed by atoms with Crippen LogP contribution in [0.3, 0.4) is 0 Å². The number of unbranched alkanes of at least 4 members (excludes halogenated alkanes) is 63. The van der Waals surface area contributed by atoms with Crippen LogP contribution in [-0.4, -0.2) is 234 Å². The molecule has 1 atom stereocenters. The van der Waals surface area contributed by atoms with Crippen molar-refractivity contribution in [3.8, 4) is 0 Å². The number of ether oxygens (including phenoxy) is 3. The Balaban J connectivity index is -0.000000310. The molecule has 864 valence electrons. The van der Waals surface area contributed by atoms with E-state index in [2.05, 4.69) is 104 Å². The van der Waals surface area contributed by atoms with Crippen molar-refractivity contribution < 1.29 is 84.5 Å². The summed E-state index contributed by atoms with van der Waals surface area (Å²) in [6.45, 7) is 31.4. The fraction of sp³-hybridized carbons (Fsp3) is 0.919. The number of Topliss-reactive ketones (excluding diaryl/α,β-unsaturated/α-hetero) is 1. The van der Waals surface area contributed by atoms with Gasteiger partial charge in [0.25, 0.3) is 0 Å². The van der Waals surface area contributed by atoms with Crippen molar-refractivity contribution in [1.29, 1.82) is 0 Å². The van der Waals surface area contributed by atoms with Crippen molar-refractivity contribution in [2.24, 2.45) is 10.8 Å². The Bertz CT molecular complexity index is 2470. The zero-order valence-corrected chi connectivity index (χ0v) is 97.7. The quantitative estimate of drug-likeness (QED) is 0.0154. The third-order valence-electron chi connectivity index (χ3n) is 27.3. The highest BCUT2D eigenvalue weighted by Gasteiger charge is 2.27. The van der Waals surface area contributed by atoms with Gasteiger partial charge < -0.3 is 75.1 Å². The minimum Gasteiger partial charge on any atom is -0.463 e. The van der Waals surface area contributed by atoms with Crippen LogP contribution in [0.4, 0.5) is 0 Å². The first-order chi connectivity index (χ1) is 70.2. The van der Waals surface area contributed by atoms with Crippen molar-refractivity contribution >= 4 is 23.6 Å². The molecule has 0 aromatic heterocycles. The van der Waals surface area contributed by atoms with Crippen LogP contribution >= 0.6 is 0 Å². The molecule has 1 unspecified atom stereocenters. The summed E-state index contributed by atoms with van der Waals surface area (Å²) < 4.78 is 15.3. The molecule has 20 nitrogen and oxygen atoms in total. The summed E-state index contributed by atoms with van der Waals surface area (Å²) in [7, 11) is 0. The fourth-order valence-corrected chi connectivity index (χ4v) is 16.6. The molecule has 0 aromatic rings. The van der Waals surface area contributed by atoms with Crippen molar-refractivity contribution in [3.63, 3.8) is 0 Å². The monoisotopic (exact) mass is 2050 g/mol. The van der Waals surface area contributed by atoms with Crippen molar-refractivity contribution in [2.45, 2.75) is 590 Å². The smallest absolute Gasteiger partial charge is 0.311 e. The maximum absolute atomic E-state index is 12.5. The number of rotatable bonds is 105. The van der Waals surface area contributed by atoms with E-state index in [0.29, 0.717) is 77.7 Å². The van der Waals surface area contributed by atoms with E-state index in [0.717, 1.165) is 77.2 Å². The number of aliphatic hydroxyl groups is 10. The first kappa shape index (κ1) is 154. The Labute approximate surface area is 893 Å². The molecule has 0 heterocycles. The van der Waals surface area contributed by atoms with Gasteiger partial charge in [-0.25, -0.2) is 0 Å². The van der Waals surface area contributed by atoms with Gasteiger partial charge in [-0.15, -0.1) is 0 Å². The van der Waals surface area contributed by atoms with E-state index < -0.39 is 11.5 Å². The molecular weight excluding hydrogens is 1800 g/mol. The van der Waals surface area contributed by atoms with Gasteiger partial charge >= 0.3 is 5.97 Å². The summed E-state index contributed by atoms with van der Waals surface area (Å²) in [6, 6.07) is 0. The zero-order valence-electron chi connectivity index (χ0n) is 97.7. The SMILES string of the molecule is CCC(C)(C)C(=O)OCCO.CCCCCCCC/C=C\CCCCCCCC(=O)N(CCO)CCO.CCCCCCCC/C=C\CCCCCCCC(=O)N(CCOCCO)CCOCCO.CCCCCCCC/C=C\CCCCCCCCO.CCCCCCCCCCCCC(=O)C(C)(C)CC.CCCCCCCCCCCCCCC(O)CO.CCCCCCCCCCCCN(CCO)CCO. The van der Waals surface area contributed by atoms with Crippen molar-refractivity contribution in [2.75, 3.05) is 138 Å². The molecule has 0 aliphatic rings. The normalized spacial score (nSPS) is 11.6. The number of hydrogen-bond donors (Lipinski definition) is 10. The van der Waals surface area contributed by atoms with Gasteiger partial charge in [-0.05, 0) is 149 Å². The van der Waals surface area contributed by atoms with Crippen LogP contribution in [0.15, 0.2) is 36.5 Å². The topological polar surface area (TPSA) is 308 Å². The van der Waals surface area contributed by atoms with E-state index in [4.69, 9.17) is 65.3 Å². The summed E-state index contributed by atoms with van der Waals surface area (Å²) in [6.07, 6.45) is 112. The van der Waals surface area contributed by atoms with E-state index in [9.17, 15) is 19.2 Å². The number of carbonyl (C=O) groups is 4. The molecular formula is C124H251N3O17. The third-order valence-corrected chi connectivity index (χ3v) is 27.3. The second kappa shape index (κ2) is 136. The summed E-state index contributed by atoms with van der Waals surface area (Å²) in [5.74, 6) is 0.386. The third kappa shape index (κ3) is 133. The summed E-state index contributed by atoms with van der Waals surface area (Å²) >= 11 is 0. The summed E-state index contributed by atoms with van der Waals surface area (Å²) in [5, 5.41) is 88.1. The van der Waals surface area contributed by atoms with Gasteiger partial charge in [0.2, 0.25) is 11.8 Å². The van der Waals surface area contributed by atoms with Crippen LogP contribution in [0.5, 0.6) is 0 Å². The number of nitrogens with zero attached hydrogens (tertiary/aromatic N) is 3. The average molecular weight is 2060 g/mol. The lowest BCUT2D eigenvalue weighted by molar-refractivity contribution is -0.155. The first-order valence-electron chi connectivity index (χ1n) is 61.4. The molecule has 2 amide bonds. The van der Waals surface area contributed by atoms with Gasteiger partial charge in [-0.1, -0.05) is 459 Å². The lowest BCUT2D eigenvalue weighted by Gasteiger charge is -2.22. The summed E-state index contributed by atoms with van der Waals surface area (Å²) in [5.41, 5.74) is -0.519. The van der Waals surface area contributed by atoms with Crippen LogP contribution in [0, 0.1) is 10.8 Å². The zero-order chi connectivity index (χ0) is 108. The van der Waals surface area contributed by atoms with E-state index in [1.165, 1.54) is 417 Å². The lowest BCUT2D eigenvalue weighted by atomic mass is 9.83. The van der Waals surface area contributed by atoms with Crippen LogP contribution in [-0.2, 0) is 33.4 Å².